The minimum atomic E-state index is -0.628. The van der Waals surface area contributed by atoms with Crippen LogP contribution < -0.4 is 0 Å². The van der Waals surface area contributed by atoms with Gasteiger partial charge in [0.05, 0.1) is 0 Å². The molecule has 0 saturated heterocycles. The molecule has 0 aliphatic rings. The third kappa shape index (κ3) is 2.78. The van der Waals surface area contributed by atoms with Gasteiger partial charge in [0.15, 0.2) is 0 Å². The van der Waals surface area contributed by atoms with Gasteiger partial charge in [-0.15, -0.1) is 0 Å². The second kappa shape index (κ2) is 5.05. The van der Waals surface area contributed by atoms with Crippen LogP contribution in [0.4, 0.5) is 4.39 Å². The Labute approximate surface area is 95.3 Å². The average Bonchev–Trinajstić information content (AvgIpc) is 2.26. The summed E-state index contributed by atoms with van der Waals surface area (Å²) in [7, 11) is 1.73. The molecule has 1 amide bonds. The van der Waals surface area contributed by atoms with Gasteiger partial charge in [0, 0.05) is 30.9 Å². The summed E-state index contributed by atoms with van der Waals surface area (Å²) in [5.74, 6) is -0.445. The normalized spacial score (nSPS) is 12.6. The molecular formula is C12H17FN2O. The number of halogens is 1. The van der Waals surface area contributed by atoms with Gasteiger partial charge in [-0.3, -0.25) is 4.79 Å². The van der Waals surface area contributed by atoms with Crippen LogP contribution >= 0.6 is 0 Å². The zero-order chi connectivity index (χ0) is 12.3. The molecule has 1 aromatic heterocycles. The molecule has 1 rings (SSSR count). The number of carbonyl (C=O) groups excluding carboxylic acids is 1. The second-order valence-corrected chi connectivity index (χ2v) is 4.27. The van der Waals surface area contributed by atoms with Crippen LogP contribution in [-0.4, -0.2) is 28.9 Å². The number of aromatic nitrogens is 1. The molecule has 0 spiro atoms. The van der Waals surface area contributed by atoms with Gasteiger partial charge in [0.25, 0.3) is 5.91 Å². The highest BCUT2D eigenvalue weighted by atomic mass is 19.1. The highest BCUT2D eigenvalue weighted by molar-refractivity contribution is 5.94. The Morgan fingerprint density at radius 1 is 1.44 bits per heavy atom. The Morgan fingerprint density at radius 3 is 2.56 bits per heavy atom. The highest BCUT2D eigenvalue weighted by Crippen LogP contribution is 2.12. The summed E-state index contributed by atoms with van der Waals surface area (Å²) in [6.45, 7) is 6.06. The summed E-state index contributed by atoms with van der Waals surface area (Å²) < 4.78 is 12.9. The smallest absolute Gasteiger partial charge is 0.254 e. The first-order chi connectivity index (χ1) is 7.43. The van der Waals surface area contributed by atoms with Gasteiger partial charge in [-0.05, 0) is 18.9 Å². The maximum Gasteiger partial charge on any atom is 0.254 e. The highest BCUT2D eigenvalue weighted by Gasteiger charge is 2.20. The monoisotopic (exact) mass is 224 g/mol. The van der Waals surface area contributed by atoms with Gasteiger partial charge in [-0.25, -0.2) is 4.98 Å². The van der Waals surface area contributed by atoms with Crippen molar-refractivity contribution >= 4 is 5.91 Å². The molecule has 0 aliphatic carbocycles. The van der Waals surface area contributed by atoms with Gasteiger partial charge in [0.1, 0.15) is 0 Å². The van der Waals surface area contributed by atoms with E-state index >= 15 is 0 Å². The first kappa shape index (κ1) is 12.6. The fourth-order valence-corrected chi connectivity index (χ4v) is 1.37. The van der Waals surface area contributed by atoms with Crippen molar-refractivity contribution < 1.29 is 9.18 Å². The van der Waals surface area contributed by atoms with E-state index in [0.717, 1.165) is 6.07 Å². The van der Waals surface area contributed by atoms with Crippen LogP contribution in [0.2, 0.25) is 0 Å². The molecule has 1 atom stereocenters. The summed E-state index contributed by atoms with van der Waals surface area (Å²) >= 11 is 0. The zero-order valence-electron chi connectivity index (χ0n) is 10.1. The van der Waals surface area contributed by atoms with Crippen LogP contribution in [0.1, 0.15) is 31.1 Å². The first-order valence-electron chi connectivity index (χ1n) is 5.32. The third-order valence-electron chi connectivity index (χ3n) is 2.87. The lowest BCUT2D eigenvalue weighted by atomic mass is 10.0. The Balaban J connectivity index is 2.86. The van der Waals surface area contributed by atoms with Crippen LogP contribution in [0, 0.1) is 11.9 Å². The molecule has 0 bridgehead atoms. The summed E-state index contributed by atoms with van der Waals surface area (Å²) in [4.78, 5) is 17.0. The Morgan fingerprint density at radius 2 is 2.06 bits per heavy atom. The molecule has 0 saturated carbocycles. The van der Waals surface area contributed by atoms with Crippen molar-refractivity contribution in [2.75, 3.05) is 7.05 Å². The van der Waals surface area contributed by atoms with Gasteiger partial charge in [0.2, 0.25) is 5.95 Å². The summed E-state index contributed by atoms with van der Waals surface area (Å²) in [5.41, 5.74) is 0.336. The molecule has 1 heterocycles. The number of rotatable bonds is 3. The number of amides is 1. The average molecular weight is 224 g/mol. The fourth-order valence-electron chi connectivity index (χ4n) is 1.37. The summed E-state index contributed by atoms with van der Waals surface area (Å²) in [6.07, 6.45) is 1.30. The SMILES string of the molecule is CC(C)C(C)N(C)C(=O)c1ccnc(F)c1. The molecule has 4 heteroatoms. The van der Waals surface area contributed by atoms with E-state index in [0.29, 0.717) is 11.5 Å². The molecule has 88 valence electrons. The predicted octanol–water partition coefficient (Wildman–Crippen LogP) is 2.34. The van der Waals surface area contributed by atoms with E-state index in [1.165, 1.54) is 12.3 Å². The van der Waals surface area contributed by atoms with Crippen molar-refractivity contribution in [3.63, 3.8) is 0 Å². The molecule has 1 unspecified atom stereocenters. The van der Waals surface area contributed by atoms with E-state index < -0.39 is 5.95 Å². The Hall–Kier alpha value is -1.45. The predicted molar refractivity (Wildman–Crippen MR) is 60.6 cm³/mol. The van der Waals surface area contributed by atoms with Gasteiger partial charge in [-0.1, -0.05) is 13.8 Å². The van der Waals surface area contributed by atoms with E-state index in [1.807, 2.05) is 20.8 Å². The lowest BCUT2D eigenvalue weighted by molar-refractivity contribution is 0.0706. The molecule has 0 radical (unpaired) electrons. The van der Waals surface area contributed by atoms with E-state index in [1.54, 1.807) is 11.9 Å². The quantitative estimate of drug-likeness (QED) is 0.738. The summed E-state index contributed by atoms with van der Waals surface area (Å²) in [5, 5.41) is 0. The Kier molecular flexibility index (Phi) is 3.99. The molecule has 0 aromatic carbocycles. The minimum absolute atomic E-state index is 0.115. The van der Waals surface area contributed by atoms with Crippen LogP contribution in [0.25, 0.3) is 0 Å². The van der Waals surface area contributed by atoms with Gasteiger partial charge in [-0.2, -0.15) is 4.39 Å². The zero-order valence-corrected chi connectivity index (χ0v) is 10.1. The van der Waals surface area contributed by atoms with Gasteiger partial charge < -0.3 is 4.90 Å². The van der Waals surface area contributed by atoms with E-state index in [-0.39, 0.29) is 11.9 Å². The maximum absolute atomic E-state index is 12.9. The molecule has 16 heavy (non-hydrogen) atoms. The first-order valence-corrected chi connectivity index (χ1v) is 5.32. The molecule has 3 nitrogen and oxygen atoms in total. The van der Waals surface area contributed by atoms with Crippen molar-refractivity contribution in [1.82, 2.24) is 9.88 Å². The minimum Gasteiger partial charge on any atom is -0.339 e. The molecule has 0 fully saturated rings. The molecular weight excluding hydrogens is 207 g/mol. The fraction of sp³-hybridized carbons (Fsp3) is 0.500. The van der Waals surface area contributed by atoms with Crippen LogP contribution in [0.15, 0.2) is 18.3 Å². The number of pyridine rings is 1. The second-order valence-electron chi connectivity index (χ2n) is 4.27. The third-order valence-corrected chi connectivity index (χ3v) is 2.87. The van der Waals surface area contributed by atoms with Crippen molar-refractivity contribution in [2.45, 2.75) is 26.8 Å². The van der Waals surface area contributed by atoms with Crippen molar-refractivity contribution in [2.24, 2.45) is 5.92 Å². The lowest BCUT2D eigenvalue weighted by Crippen LogP contribution is -2.38. The maximum atomic E-state index is 12.9. The van der Waals surface area contributed by atoms with Crippen molar-refractivity contribution in [1.29, 1.82) is 0 Å². The van der Waals surface area contributed by atoms with E-state index in [4.69, 9.17) is 0 Å². The summed E-state index contributed by atoms with van der Waals surface area (Å²) in [6, 6.07) is 2.80. The van der Waals surface area contributed by atoms with Crippen molar-refractivity contribution in [3.8, 4) is 0 Å². The topological polar surface area (TPSA) is 33.2 Å². The number of hydrogen-bond donors (Lipinski definition) is 0. The number of nitrogens with zero attached hydrogens (tertiary/aromatic N) is 2. The molecule has 1 aromatic rings. The van der Waals surface area contributed by atoms with Crippen LogP contribution in [-0.2, 0) is 0 Å². The van der Waals surface area contributed by atoms with Gasteiger partial charge >= 0.3 is 0 Å². The number of hydrogen-bond acceptors (Lipinski definition) is 2. The molecule has 0 N–H and O–H groups in total. The standard InChI is InChI=1S/C12H17FN2O/c1-8(2)9(3)15(4)12(16)10-5-6-14-11(13)7-10/h5-9H,1-4H3. The van der Waals surface area contributed by atoms with E-state index in [2.05, 4.69) is 4.98 Å². The largest absolute Gasteiger partial charge is 0.339 e. The molecule has 0 aliphatic heterocycles. The van der Waals surface area contributed by atoms with Crippen molar-refractivity contribution in [3.05, 3.63) is 29.8 Å². The van der Waals surface area contributed by atoms with Crippen LogP contribution in [0.5, 0.6) is 0 Å². The Bertz CT molecular complexity index is 379. The van der Waals surface area contributed by atoms with Crippen LogP contribution in [0.3, 0.4) is 0 Å². The van der Waals surface area contributed by atoms with E-state index in [9.17, 15) is 9.18 Å². The number of carbonyl (C=O) groups is 1. The lowest BCUT2D eigenvalue weighted by Gasteiger charge is -2.28.